The Morgan fingerprint density at radius 2 is 2.05 bits per heavy atom. The standard InChI is InChI=1S/C17H19N3O/c1-17(2)13-7-4-11(14-9-19(3)10-18-14)8-15(13)20(16(17)21)12-5-6-12/h4,7-10,12H,5-6H2,1-3H3. The Morgan fingerprint density at radius 3 is 2.67 bits per heavy atom. The first-order chi connectivity index (χ1) is 9.98. The second-order valence-electron chi connectivity index (χ2n) is 6.69. The van der Waals surface area contributed by atoms with Crippen LogP contribution < -0.4 is 4.90 Å². The maximum atomic E-state index is 12.7. The number of aryl methyl sites for hydroxylation is 1. The van der Waals surface area contributed by atoms with Crippen molar-refractivity contribution < 1.29 is 4.79 Å². The molecule has 1 aromatic heterocycles. The smallest absolute Gasteiger partial charge is 0.237 e. The van der Waals surface area contributed by atoms with Crippen molar-refractivity contribution in [3.05, 3.63) is 36.3 Å². The van der Waals surface area contributed by atoms with Crippen LogP contribution in [0.4, 0.5) is 5.69 Å². The zero-order chi connectivity index (χ0) is 14.8. The molecule has 1 saturated carbocycles. The average molecular weight is 281 g/mol. The summed E-state index contributed by atoms with van der Waals surface area (Å²) in [6.45, 7) is 4.05. The minimum Gasteiger partial charge on any atom is -0.340 e. The van der Waals surface area contributed by atoms with Crippen LogP contribution in [0.2, 0.25) is 0 Å². The van der Waals surface area contributed by atoms with E-state index in [4.69, 9.17) is 0 Å². The molecule has 1 aromatic carbocycles. The topological polar surface area (TPSA) is 38.1 Å². The summed E-state index contributed by atoms with van der Waals surface area (Å²) < 4.78 is 1.94. The second kappa shape index (κ2) is 3.97. The Labute approximate surface area is 124 Å². The molecule has 0 radical (unpaired) electrons. The highest BCUT2D eigenvalue weighted by atomic mass is 16.2. The van der Waals surface area contributed by atoms with Crippen LogP contribution in [0.1, 0.15) is 32.3 Å². The van der Waals surface area contributed by atoms with Gasteiger partial charge in [-0.25, -0.2) is 4.98 Å². The van der Waals surface area contributed by atoms with Crippen LogP contribution in [0.15, 0.2) is 30.7 Å². The second-order valence-corrected chi connectivity index (χ2v) is 6.69. The van der Waals surface area contributed by atoms with E-state index in [0.717, 1.165) is 35.3 Å². The van der Waals surface area contributed by atoms with Crippen LogP contribution in [0.3, 0.4) is 0 Å². The van der Waals surface area contributed by atoms with E-state index in [1.54, 1.807) is 6.33 Å². The largest absolute Gasteiger partial charge is 0.340 e. The summed E-state index contributed by atoms with van der Waals surface area (Å²) >= 11 is 0. The molecule has 0 atom stereocenters. The number of nitrogens with zero attached hydrogens (tertiary/aromatic N) is 3. The van der Waals surface area contributed by atoms with Crippen molar-refractivity contribution in [2.24, 2.45) is 7.05 Å². The summed E-state index contributed by atoms with van der Waals surface area (Å²) in [5.74, 6) is 0.234. The van der Waals surface area contributed by atoms with Crippen molar-refractivity contribution in [2.75, 3.05) is 4.90 Å². The van der Waals surface area contributed by atoms with Gasteiger partial charge >= 0.3 is 0 Å². The molecule has 0 unspecified atom stereocenters. The number of rotatable bonds is 2. The minimum absolute atomic E-state index is 0.234. The van der Waals surface area contributed by atoms with Gasteiger partial charge < -0.3 is 9.47 Å². The van der Waals surface area contributed by atoms with Crippen molar-refractivity contribution in [3.8, 4) is 11.3 Å². The van der Waals surface area contributed by atoms with E-state index in [9.17, 15) is 4.79 Å². The highest BCUT2D eigenvalue weighted by Crippen LogP contribution is 2.47. The van der Waals surface area contributed by atoms with Crippen LogP contribution >= 0.6 is 0 Å². The van der Waals surface area contributed by atoms with Gasteiger partial charge in [0.15, 0.2) is 0 Å². The normalized spacial score (nSPS) is 20.0. The van der Waals surface area contributed by atoms with Gasteiger partial charge in [-0.05, 0) is 38.3 Å². The highest BCUT2D eigenvalue weighted by molar-refractivity contribution is 6.08. The number of imidazole rings is 1. The van der Waals surface area contributed by atoms with Crippen molar-refractivity contribution >= 4 is 11.6 Å². The molecule has 21 heavy (non-hydrogen) atoms. The first-order valence-corrected chi connectivity index (χ1v) is 7.45. The molecular formula is C17H19N3O. The van der Waals surface area contributed by atoms with Crippen LogP contribution in [-0.2, 0) is 17.3 Å². The molecule has 0 bridgehead atoms. The zero-order valence-electron chi connectivity index (χ0n) is 12.6. The molecule has 0 saturated heterocycles. The number of anilines is 1. The Morgan fingerprint density at radius 1 is 1.29 bits per heavy atom. The maximum absolute atomic E-state index is 12.7. The number of hydrogen-bond acceptors (Lipinski definition) is 2. The van der Waals surface area contributed by atoms with Gasteiger partial charge in [0.25, 0.3) is 0 Å². The van der Waals surface area contributed by atoms with Gasteiger partial charge in [-0.1, -0.05) is 12.1 Å². The van der Waals surface area contributed by atoms with Gasteiger partial charge in [0, 0.05) is 30.5 Å². The Hall–Kier alpha value is -2.10. The van der Waals surface area contributed by atoms with Crippen molar-refractivity contribution in [2.45, 2.75) is 38.1 Å². The third-order valence-electron chi connectivity index (χ3n) is 4.60. The maximum Gasteiger partial charge on any atom is 0.237 e. The lowest BCUT2D eigenvalue weighted by molar-refractivity contribution is -0.122. The molecule has 1 fully saturated rings. The zero-order valence-corrected chi connectivity index (χ0v) is 12.6. The number of hydrogen-bond donors (Lipinski definition) is 0. The van der Waals surface area contributed by atoms with Crippen LogP contribution in [0, 0.1) is 0 Å². The van der Waals surface area contributed by atoms with Crippen LogP contribution in [0.5, 0.6) is 0 Å². The molecule has 4 heteroatoms. The van der Waals surface area contributed by atoms with E-state index < -0.39 is 5.41 Å². The summed E-state index contributed by atoms with van der Waals surface area (Å²) in [4.78, 5) is 19.2. The summed E-state index contributed by atoms with van der Waals surface area (Å²) in [5, 5.41) is 0. The highest BCUT2D eigenvalue weighted by Gasteiger charge is 2.48. The lowest BCUT2D eigenvalue weighted by Crippen LogP contribution is -2.37. The summed E-state index contributed by atoms with van der Waals surface area (Å²) in [7, 11) is 1.97. The summed E-state index contributed by atoms with van der Waals surface area (Å²) in [5.41, 5.74) is 3.83. The number of carbonyl (C=O) groups is 1. The monoisotopic (exact) mass is 281 g/mol. The van der Waals surface area contributed by atoms with Crippen LogP contribution in [0.25, 0.3) is 11.3 Å². The first kappa shape index (κ1) is 12.6. The summed E-state index contributed by atoms with van der Waals surface area (Å²) in [6.07, 6.45) is 6.05. The molecule has 1 amide bonds. The lowest BCUT2D eigenvalue weighted by atomic mass is 9.86. The Balaban J connectivity index is 1.86. The molecule has 1 aliphatic heterocycles. The molecule has 4 rings (SSSR count). The molecule has 0 N–H and O–H groups in total. The van der Waals surface area contributed by atoms with E-state index in [0.29, 0.717) is 6.04 Å². The molecule has 2 aromatic rings. The number of amides is 1. The van der Waals surface area contributed by atoms with Crippen LogP contribution in [-0.4, -0.2) is 21.5 Å². The van der Waals surface area contributed by atoms with Gasteiger partial charge in [-0.15, -0.1) is 0 Å². The van der Waals surface area contributed by atoms with E-state index in [1.807, 2.05) is 36.6 Å². The fourth-order valence-corrected chi connectivity index (χ4v) is 3.20. The summed E-state index contributed by atoms with van der Waals surface area (Å²) in [6, 6.07) is 6.70. The fraction of sp³-hybridized carbons (Fsp3) is 0.412. The predicted octanol–water partition coefficient (Wildman–Crippen LogP) is 2.87. The molecule has 1 aliphatic carbocycles. The molecule has 2 heterocycles. The van der Waals surface area contributed by atoms with Crippen molar-refractivity contribution in [3.63, 3.8) is 0 Å². The fourth-order valence-electron chi connectivity index (χ4n) is 3.20. The third-order valence-corrected chi connectivity index (χ3v) is 4.60. The molecule has 4 nitrogen and oxygen atoms in total. The van der Waals surface area contributed by atoms with E-state index in [2.05, 4.69) is 23.2 Å². The van der Waals surface area contributed by atoms with Gasteiger partial charge in [0.1, 0.15) is 0 Å². The van der Waals surface area contributed by atoms with E-state index in [1.165, 1.54) is 0 Å². The number of aromatic nitrogens is 2. The average Bonchev–Trinajstić information content (AvgIpc) is 3.15. The minimum atomic E-state index is -0.416. The van der Waals surface area contributed by atoms with Crippen molar-refractivity contribution in [1.82, 2.24) is 9.55 Å². The van der Waals surface area contributed by atoms with Gasteiger partial charge in [0.2, 0.25) is 5.91 Å². The predicted molar refractivity (Wildman–Crippen MR) is 82.2 cm³/mol. The number of carbonyl (C=O) groups excluding carboxylic acids is 1. The van der Waals surface area contributed by atoms with E-state index in [-0.39, 0.29) is 5.91 Å². The molecule has 108 valence electrons. The first-order valence-electron chi connectivity index (χ1n) is 7.45. The lowest BCUT2D eigenvalue weighted by Gasteiger charge is -2.19. The third kappa shape index (κ3) is 1.75. The molecule has 0 spiro atoms. The number of fused-ring (bicyclic) bond motifs is 1. The Bertz CT molecular complexity index is 740. The SMILES string of the molecule is Cn1cnc(-c2ccc3c(c2)N(C2CC2)C(=O)C3(C)C)c1. The molecule has 2 aliphatic rings. The van der Waals surface area contributed by atoms with Gasteiger partial charge in [0.05, 0.1) is 17.4 Å². The van der Waals surface area contributed by atoms with Crippen molar-refractivity contribution in [1.29, 1.82) is 0 Å². The Kier molecular flexibility index (Phi) is 2.39. The molecular weight excluding hydrogens is 262 g/mol. The van der Waals surface area contributed by atoms with Gasteiger partial charge in [-0.2, -0.15) is 0 Å². The van der Waals surface area contributed by atoms with E-state index >= 15 is 0 Å². The van der Waals surface area contributed by atoms with Gasteiger partial charge in [-0.3, -0.25) is 4.79 Å². The number of benzene rings is 1. The quantitative estimate of drug-likeness (QED) is 0.849.